The molecule has 21 heavy (non-hydrogen) atoms. The normalized spacial score (nSPS) is 13.1. The minimum absolute atomic E-state index is 0.128. The van der Waals surface area contributed by atoms with E-state index in [1.807, 2.05) is 0 Å². The highest BCUT2D eigenvalue weighted by molar-refractivity contribution is 7.84. The predicted octanol–water partition coefficient (Wildman–Crippen LogP) is 4.25. The lowest BCUT2D eigenvalue weighted by Crippen LogP contribution is -2.08. The van der Waals surface area contributed by atoms with E-state index in [4.69, 9.17) is 17.3 Å². The third-order valence-electron chi connectivity index (χ3n) is 2.79. The minimum Gasteiger partial charge on any atom is -0.398 e. The van der Waals surface area contributed by atoms with Crippen molar-refractivity contribution < 1.29 is 17.4 Å². The SMILES string of the molecule is Nc1cc(C(F)(F)F)ccc1S(=O)Cc1ccc(Cl)cc1. The Morgan fingerprint density at radius 2 is 1.71 bits per heavy atom. The van der Waals surface area contributed by atoms with Crippen molar-refractivity contribution in [2.75, 3.05) is 5.73 Å². The standard InChI is InChI=1S/C14H11ClF3NOS/c15-11-4-1-9(2-5-11)8-21(20)13-6-3-10(7-12(13)19)14(16,17)18/h1-7H,8,19H2. The molecule has 1 unspecified atom stereocenters. The molecule has 0 amide bonds. The van der Waals surface area contributed by atoms with Crippen LogP contribution in [0, 0.1) is 0 Å². The molecule has 0 radical (unpaired) electrons. The fourth-order valence-electron chi connectivity index (χ4n) is 1.74. The van der Waals surface area contributed by atoms with E-state index < -0.39 is 22.5 Å². The molecule has 2 N–H and O–H groups in total. The topological polar surface area (TPSA) is 43.1 Å². The van der Waals surface area contributed by atoms with E-state index in [1.165, 1.54) is 0 Å². The van der Waals surface area contributed by atoms with Gasteiger partial charge in [-0.1, -0.05) is 23.7 Å². The van der Waals surface area contributed by atoms with Gasteiger partial charge in [0.2, 0.25) is 0 Å². The molecule has 0 heterocycles. The second-order valence-electron chi connectivity index (χ2n) is 4.37. The Kier molecular flexibility index (Phi) is 4.58. The van der Waals surface area contributed by atoms with E-state index in [9.17, 15) is 17.4 Å². The number of hydrogen-bond acceptors (Lipinski definition) is 2. The summed E-state index contributed by atoms with van der Waals surface area (Å²) in [7, 11) is -1.52. The molecule has 2 rings (SSSR count). The molecule has 1 atom stereocenters. The first-order valence-corrected chi connectivity index (χ1v) is 7.56. The number of hydrogen-bond donors (Lipinski definition) is 1. The van der Waals surface area contributed by atoms with Crippen molar-refractivity contribution in [3.05, 3.63) is 58.6 Å². The summed E-state index contributed by atoms with van der Waals surface area (Å²) in [6, 6.07) is 9.57. The largest absolute Gasteiger partial charge is 0.416 e. The number of halogens is 4. The molecular weight excluding hydrogens is 323 g/mol. The van der Waals surface area contributed by atoms with Crippen LogP contribution in [0.15, 0.2) is 47.4 Å². The van der Waals surface area contributed by atoms with Crippen LogP contribution in [-0.2, 0) is 22.7 Å². The molecular formula is C14H11ClF3NOS. The van der Waals surface area contributed by atoms with Crippen LogP contribution in [-0.4, -0.2) is 4.21 Å². The summed E-state index contributed by atoms with van der Waals surface area (Å²) in [6.07, 6.45) is -4.47. The van der Waals surface area contributed by atoms with Crippen molar-refractivity contribution in [3.8, 4) is 0 Å². The lowest BCUT2D eigenvalue weighted by Gasteiger charge is -2.10. The average molecular weight is 334 g/mol. The molecule has 0 aromatic heterocycles. The van der Waals surface area contributed by atoms with Gasteiger partial charge in [-0.3, -0.25) is 4.21 Å². The van der Waals surface area contributed by atoms with E-state index in [0.29, 0.717) is 5.02 Å². The summed E-state index contributed by atoms with van der Waals surface area (Å²) in [5.74, 6) is 0.159. The van der Waals surface area contributed by atoms with Crippen LogP contribution < -0.4 is 5.73 Å². The maximum absolute atomic E-state index is 12.5. The summed E-state index contributed by atoms with van der Waals surface area (Å²) in [5.41, 5.74) is 5.36. The predicted molar refractivity (Wildman–Crippen MR) is 77.4 cm³/mol. The summed E-state index contributed by atoms with van der Waals surface area (Å²) in [4.78, 5) is 0.193. The highest BCUT2D eigenvalue weighted by atomic mass is 35.5. The molecule has 7 heteroatoms. The van der Waals surface area contributed by atoms with E-state index in [1.54, 1.807) is 24.3 Å². The zero-order chi connectivity index (χ0) is 15.6. The van der Waals surface area contributed by atoms with Crippen LogP contribution in [0.1, 0.15) is 11.1 Å². The second kappa shape index (κ2) is 6.07. The van der Waals surface area contributed by atoms with Gasteiger partial charge in [0.1, 0.15) is 0 Å². The monoisotopic (exact) mass is 333 g/mol. The number of anilines is 1. The van der Waals surface area contributed by atoms with Crippen LogP contribution in [0.2, 0.25) is 5.02 Å². The van der Waals surface area contributed by atoms with Crippen molar-refractivity contribution in [1.29, 1.82) is 0 Å². The van der Waals surface area contributed by atoms with Crippen LogP contribution in [0.4, 0.5) is 18.9 Å². The van der Waals surface area contributed by atoms with Crippen LogP contribution in [0.5, 0.6) is 0 Å². The van der Waals surface area contributed by atoms with Crippen LogP contribution in [0.3, 0.4) is 0 Å². The van der Waals surface area contributed by atoms with Gasteiger partial charge < -0.3 is 5.73 Å². The fourth-order valence-corrected chi connectivity index (χ4v) is 3.06. The minimum atomic E-state index is -4.47. The first-order chi connectivity index (χ1) is 9.77. The molecule has 2 aromatic carbocycles. The van der Waals surface area contributed by atoms with Crippen LogP contribution >= 0.6 is 11.6 Å². The van der Waals surface area contributed by atoms with E-state index in [2.05, 4.69) is 0 Å². The third kappa shape index (κ3) is 3.98. The van der Waals surface area contributed by atoms with Crippen molar-refractivity contribution in [2.24, 2.45) is 0 Å². The molecule has 112 valence electrons. The Morgan fingerprint density at radius 1 is 1.10 bits per heavy atom. The van der Waals surface area contributed by atoms with Gasteiger partial charge in [0, 0.05) is 10.7 Å². The van der Waals surface area contributed by atoms with Gasteiger partial charge in [0.25, 0.3) is 0 Å². The van der Waals surface area contributed by atoms with Gasteiger partial charge in [0.15, 0.2) is 0 Å². The van der Waals surface area contributed by atoms with Gasteiger partial charge in [0.05, 0.1) is 27.0 Å². The number of benzene rings is 2. The van der Waals surface area contributed by atoms with Gasteiger partial charge in [-0.25, -0.2) is 0 Å². The molecule has 0 aliphatic carbocycles. The van der Waals surface area contributed by atoms with E-state index in [0.717, 1.165) is 23.8 Å². The Morgan fingerprint density at radius 3 is 2.24 bits per heavy atom. The molecule has 0 saturated carbocycles. The zero-order valence-corrected chi connectivity index (χ0v) is 12.2. The molecule has 0 bridgehead atoms. The van der Waals surface area contributed by atoms with Crippen molar-refractivity contribution in [3.63, 3.8) is 0 Å². The number of rotatable bonds is 3. The van der Waals surface area contributed by atoms with E-state index >= 15 is 0 Å². The summed E-state index contributed by atoms with van der Waals surface area (Å²) in [6.45, 7) is 0. The summed E-state index contributed by atoms with van der Waals surface area (Å²) >= 11 is 5.75. The van der Waals surface area contributed by atoms with Crippen molar-refractivity contribution in [2.45, 2.75) is 16.8 Å². The molecule has 0 fully saturated rings. The van der Waals surface area contributed by atoms with Gasteiger partial charge in [-0.05, 0) is 35.9 Å². The maximum Gasteiger partial charge on any atom is 0.416 e. The zero-order valence-electron chi connectivity index (χ0n) is 10.7. The molecule has 0 spiro atoms. The maximum atomic E-state index is 12.5. The van der Waals surface area contributed by atoms with Crippen molar-refractivity contribution in [1.82, 2.24) is 0 Å². The molecule has 0 saturated heterocycles. The highest BCUT2D eigenvalue weighted by Crippen LogP contribution is 2.32. The Labute approximate surface area is 127 Å². The molecule has 0 aliphatic rings. The highest BCUT2D eigenvalue weighted by Gasteiger charge is 2.31. The number of nitrogens with two attached hydrogens (primary N) is 1. The van der Waals surface area contributed by atoms with Gasteiger partial charge in [-0.2, -0.15) is 13.2 Å². The molecule has 2 aromatic rings. The lowest BCUT2D eigenvalue weighted by atomic mass is 10.2. The molecule has 0 aliphatic heterocycles. The molecule has 2 nitrogen and oxygen atoms in total. The first kappa shape index (κ1) is 15.9. The Bertz CT molecular complexity index is 671. The Hall–Kier alpha value is -1.53. The van der Waals surface area contributed by atoms with E-state index in [-0.39, 0.29) is 16.3 Å². The van der Waals surface area contributed by atoms with Gasteiger partial charge in [-0.15, -0.1) is 0 Å². The van der Waals surface area contributed by atoms with Crippen molar-refractivity contribution >= 4 is 28.1 Å². The quantitative estimate of drug-likeness (QED) is 0.853. The fraction of sp³-hybridized carbons (Fsp3) is 0.143. The summed E-state index contributed by atoms with van der Waals surface area (Å²) < 4.78 is 49.8. The Balaban J connectivity index is 2.22. The first-order valence-electron chi connectivity index (χ1n) is 5.87. The van der Waals surface area contributed by atoms with Crippen LogP contribution in [0.25, 0.3) is 0 Å². The average Bonchev–Trinajstić information content (AvgIpc) is 2.40. The number of nitrogen functional groups attached to an aromatic ring is 1. The lowest BCUT2D eigenvalue weighted by molar-refractivity contribution is -0.137. The number of alkyl halides is 3. The summed E-state index contributed by atoms with van der Waals surface area (Å²) in [5, 5.41) is 0.554. The smallest absolute Gasteiger partial charge is 0.398 e. The second-order valence-corrected chi connectivity index (χ2v) is 6.22. The third-order valence-corrected chi connectivity index (χ3v) is 4.50. The van der Waals surface area contributed by atoms with Gasteiger partial charge >= 0.3 is 6.18 Å².